The number of rotatable bonds is 15. The molecule has 11 nitrogen and oxygen atoms in total. The van der Waals surface area contributed by atoms with Crippen LogP contribution in [-0.4, -0.2) is 53.4 Å². The summed E-state index contributed by atoms with van der Waals surface area (Å²) in [7, 11) is 0. The molecule has 0 aliphatic heterocycles. The first-order valence-corrected chi connectivity index (χ1v) is 12.0. The predicted molar refractivity (Wildman–Crippen MR) is 140 cm³/mol. The topological polar surface area (TPSA) is 203 Å². The summed E-state index contributed by atoms with van der Waals surface area (Å²) in [6.07, 6.45) is 0.689. The third-order valence-electron chi connectivity index (χ3n) is 5.55. The van der Waals surface area contributed by atoms with E-state index in [4.69, 9.17) is 22.3 Å². The molecule has 0 aromatic heterocycles. The third kappa shape index (κ3) is 10.8. The van der Waals surface area contributed by atoms with Crippen LogP contribution in [0.4, 0.5) is 0 Å². The maximum atomic E-state index is 13.1. The maximum Gasteiger partial charge on any atom is 0.303 e. The molecule has 0 unspecified atom stereocenters. The Balaban J connectivity index is 2.12. The second-order valence-corrected chi connectivity index (χ2v) is 8.55. The van der Waals surface area contributed by atoms with Gasteiger partial charge in [0.05, 0.1) is 0 Å². The number of nitrogens with zero attached hydrogens (tertiary/aromatic N) is 1. The number of nitrogens with two attached hydrogens (primary N) is 3. The quantitative estimate of drug-likeness (QED) is 0.115. The minimum atomic E-state index is -1.01. The van der Waals surface area contributed by atoms with E-state index >= 15 is 0 Å². The van der Waals surface area contributed by atoms with E-state index in [1.165, 1.54) is 0 Å². The van der Waals surface area contributed by atoms with Crippen LogP contribution in [0, 0.1) is 0 Å². The largest absolute Gasteiger partial charge is 0.481 e. The number of amides is 3. The van der Waals surface area contributed by atoms with Crippen molar-refractivity contribution in [2.45, 2.75) is 50.6 Å². The highest BCUT2D eigenvalue weighted by atomic mass is 16.4. The fraction of sp³-hybridized carbons (Fsp3) is 0.346. The van der Waals surface area contributed by atoms with Crippen molar-refractivity contribution >= 4 is 29.7 Å². The van der Waals surface area contributed by atoms with Gasteiger partial charge in [0, 0.05) is 25.8 Å². The Morgan fingerprint density at radius 3 is 2.05 bits per heavy atom. The Morgan fingerprint density at radius 1 is 0.811 bits per heavy atom. The van der Waals surface area contributed by atoms with Crippen LogP contribution in [0.3, 0.4) is 0 Å². The Hall–Kier alpha value is -4.41. The summed E-state index contributed by atoms with van der Waals surface area (Å²) in [5.74, 6) is -2.86. The SMILES string of the molecule is NC(=O)[C@H](CCCN=C(N)N)NC(=O)[C@H](Cc1ccc(-c2ccccc2)cc1)NC(=O)CCCC(=O)O. The molecule has 0 bridgehead atoms. The Morgan fingerprint density at radius 2 is 1.46 bits per heavy atom. The number of aliphatic carboxylic acids is 1. The summed E-state index contributed by atoms with van der Waals surface area (Å²) in [5, 5.41) is 14.1. The number of carbonyl (C=O) groups is 4. The molecule has 3 amide bonds. The van der Waals surface area contributed by atoms with Gasteiger partial charge in [0.2, 0.25) is 17.7 Å². The fourth-order valence-electron chi connectivity index (χ4n) is 3.64. The van der Waals surface area contributed by atoms with E-state index in [-0.39, 0.29) is 44.6 Å². The third-order valence-corrected chi connectivity index (χ3v) is 5.55. The summed E-state index contributed by atoms with van der Waals surface area (Å²) >= 11 is 0. The summed E-state index contributed by atoms with van der Waals surface area (Å²) in [6.45, 7) is 0.263. The molecule has 0 saturated heterocycles. The van der Waals surface area contributed by atoms with E-state index < -0.39 is 35.8 Å². The van der Waals surface area contributed by atoms with Gasteiger partial charge in [-0.3, -0.25) is 24.2 Å². The van der Waals surface area contributed by atoms with Crippen molar-refractivity contribution in [1.82, 2.24) is 10.6 Å². The van der Waals surface area contributed by atoms with Crippen LogP contribution in [0.15, 0.2) is 59.6 Å². The van der Waals surface area contributed by atoms with Gasteiger partial charge < -0.3 is 32.9 Å². The number of nitrogens with one attached hydrogen (secondary N) is 2. The van der Waals surface area contributed by atoms with E-state index in [0.717, 1.165) is 16.7 Å². The van der Waals surface area contributed by atoms with Crippen molar-refractivity contribution in [3.8, 4) is 11.1 Å². The van der Waals surface area contributed by atoms with Crippen LogP contribution in [0.2, 0.25) is 0 Å². The van der Waals surface area contributed by atoms with E-state index in [1.54, 1.807) is 0 Å². The number of hydrogen-bond acceptors (Lipinski definition) is 5. The summed E-state index contributed by atoms with van der Waals surface area (Å²) in [4.78, 5) is 52.1. The second-order valence-electron chi connectivity index (χ2n) is 8.55. The maximum absolute atomic E-state index is 13.1. The van der Waals surface area contributed by atoms with Crippen LogP contribution in [0.1, 0.15) is 37.7 Å². The van der Waals surface area contributed by atoms with Gasteiger partial charge in [0.25, 0.3) is 0 Å². The smallest absolute Gasteiger partial charge is 0.303 e. The number of aliphatic imine (C=N–C) groups is 1. The Bertz CT molecular complexity index is 1080. The second kappa shape index (κ2) is 14.9. The molecule has 0 aliphatic carbocycles. The molecular weight excluding hydrogens is 476 g/mol. The number of guanidine groups is 1. The average molecular weight is 511 g/mol. The molecular formula is C26H34N6O5. The zero-order valence-electron chi connectivity index (χ0n) is 20.6. The van der Waals surface area contributed by atoms with Gasteiger partial charge in [0.1, 0.15) is 12.1 Å². The van der Waals surface area contributed by atoms with Gasteiger partial charge in [-0.15, -0.1) is 0 Å². The van der Waals surface area contributed by atoms with Crippen molar-refractivity contribution in [3.05, 3.63) is 60.2 Å². The molecule has 2 aromatic rings. The van der Waals surface area contributed by atoms with Gasteiger partial charge in [-0.1, -0.05) is 54.6 Å². The van der Waals surface area contributed by atoms with E-state index in [0.29, 0.717) is 6.42 Å². The van der Waals surface area contributed by atoms with Gasteiger partial charge in [-0.05, 0) is 36.0 Å². The molecule has 0 saturated carbocycles. The fourth-order valence-corrected chi connectivity index (χ4v) is 3.64. The molecule has 2 rings (SSSR count). The monoisotopic (exact) mass is 510 g/mol. The molecule has 2 aromatic carbocycles. The lowest BCUT2D eigenvalue weighted by molar-refractivity contribution is -0.137. The minimum absolute atomic E-state index is 0.0548. The van der Waals surface area contributed by atoms with Crippen LogP contribution in [0.5, 0.6) is 0 Å². The molecule has 0 aliphatic rings. The van der Waals surface area contributed by atoms with Crippen molar-refractivity contribution in [2.75, 3.05) is 6.54 Å². The molecule has 11 heteroatoms. The first-order chi connectivity index (χ1) is 17.7. The van der Waals surface area contributed by atoms with E-state index in [9.17, 15) is 19.2 Å². The standard InChI is InChI=1S/C26H34N6O5/c27-24(36)20(8-5-15-30-26(28)29)32-25(37)21(31-22(33)9-4-10-23(34)35)16-17-11-13-19(14-12-17)18-6-2-1-3-7-18/h1-3,6-7,11-14,20-21H,4-5,8-10,15-16H2,(H2,27,36)(H,31,33)(H,32,37)(H,34,35)(H4,28,29,30)/t20-,21-/m0/s1. The van der Waals surface area contributed by atoms with E-state index in [1.807, 2.05) is 54.6 Å². The lowest BCUT2D eigenvalue weighted by Gasteiger charge is -2.22. The molecule has 0 fully saturated rings. The zero-order chi connectivity index (χ0) is 27.2. The average Bonchev–Trinajstić information content (AvgIpc) is 2.85. The number of carboxylic acids is 1. The molecule has 9 N–H and O–H groups in total. The van der Waals surface area contributed by atoms with E-state index in [2.05, 4.69) is 15.6 Å². The van der Waals surface area contributed by atoms with Crippen molar-refractivity contribution in [3.63, 3.8) is 0 Å². The highest BCUT2D eigenvalue weighted by molar-refractivity contribution is 5.91. The van der Waals surface area contributed by atoms with Crippen molar-refractivity contribution in [1.29, 1.82) is 0 Å². The summed E-state index contributed by atoms with van der Waals surface area (Å²) in [6, 6.07) is 15.4. The van der Waals surface area contributed by atoms with Gasteiger partial charge in [0.15, 0.2) is 5.96 Å². The Labute approximate surface area is 215 Å². The lowest BCUT2D eigenvalue weighted by Crippen LogP contribution is -2.53. The van der Waals surface area contributed by atoms with Crippen molar-refractivity contribution < 1.29 is 24.3 Å². The first-order valence-electron chi connectivity index (χ1n) is 12.0. The summed E-state index contributed by atoms with van der Waals surface area (Å²) in [5.41, 5.74) is 18.9. The number of carbonyl (C=O) groups excluding carboxylic acids is 3. The number of primary amides is 1. The zero-order valence-corrected chi connectivity index (χ0v) is 20.6. The van der Waals surface area contributed by atoms with Crippen LogP contribution in [-0.2, 0) is 25.6 Å². The van der Waals surface area contributed by atoms with Crippen LogP contribution in [0.25, 0.3) is 11.1 Å². The molecule has 37 heavy (non-hydrogen) atoms. The summed E-state index contributed by atoms with van der Waals surface area (Å²) < 4.78 is 0. The first kappa shape index (κ1) is 28.8. The van der Waals surface area contributed by atoms with Gasteiger partial charge >= 0.3 is 5.97 Å². The molecule has 2 atom stereocenters. The van der Waals surface area contributed by atoms with Crippen LogP contribution >= 0.6 is 0 Å². The minimum Gasteiger partial charge on any atom is -0.481 e. The van der Waals surface area contributed by atoms with Crippen molar-refractivity contribution in [2.24, 2.45) is 22.2 Å². The number of benzene rings is 2. The highest BCUT2D eigenvalue weighted by Gasteiger charge is 2.26. The molecule has 0 spiro atoms. The van der Waals surface area contributed by atoms with Gasteiger partial charge in [-0.2, -0.15) is 0 Å². The van der Waals surface area contributed by atoms with Crippen LogP contribution < -0.4 is 27.8 Å². The highest BCUT2D eigenvalue weighted by Crippen LogP contribution is 2.20. The molecule has 0 radical (unpaired) electrons. The number of carboxylic acid groups (broad SMARTS) is 1. The normalized spacial score (nSPS) is 12.1. The Kier molecular flexibility index (Phi) is 11.6. The predicted octanol–water partition coefficient (Wildman–Crippen LogP) is 0.660. The number of hydrogen-bond donors (Lipinski definition) is 6. The molecule has 198 valence electrons. The lowest BCUT2D eigenvalue weighted by atomic mass is 9.99. The van der Waals surface area contributed by atoms with Gasteiger partial charge in [-0.25, -0.2) is 0 Å². The molecule has 0 heterocycles.